The van der Waals surface area contributed by atoms with E-state index in [1.54, 1.807) is 6.07 Å². The lowest BCUT2D eigenvalue weighted by Gasteiger charge is -2.08. The van der Waals surface area contributed by atoms with Crippen LogP contribution in [0.25, 0.3) is 0 Å². The Labute approximate surface area is 131 Å². The van der Waals surface area contributed by atoms with E-state index < -0.39 is 0 Å². The number of amides is 1. The number of carbonyl (C=O) groups excluding carboxylic acids is 1. The molecule has 0 radical (unpaired) electrons. The number of rotatable bonds is 5. The van der Waals surface area contributed by atoms with Crippen molar-refractivity contribution in [2.45, 2.75) is 6.42 Å². The van der Waals surface area contributed by atoms with Crippen molar-refractivity contribution < 1.29 is 4.79 Å². The van der Waals surface area contributed by atoms with Crippen LogP contribution in [0, 0.1) is 11.3 Å². The summed E-state index contributed by atoms with van der Waals surface area (Å²) in [5.74, 6) is -0.0701. The van der Waals surface area contributed by atoms with Gasteiger partial charge >= 0.3 is 0 Å². The zero-order valence-corrected chi connectivity index (χ0v) is 12.9. The standard InChI is InChI=1S/C16H14BrN3O/c17-13-5-7-14(8-6-13)20-16(21)9-10-19-15-4-2-1-3-12(15)11-18/h1-8,19H,9-10H2,(H,20,21). The molecule has 106 valence electrons. The van der Waals surface area contributed by atoms with Gasteiger partial charge in [-0.25, -0.2) is 0 Å². The third kappa shape index (κ3) is 4.62. The molecule has 0 unspecified atom stereocenters. The fourth-order valence-corrected chi connectivity index (χ4v) is 2.07. The Morgan fingerprint density at radius 3 is 2.57 bits per heavy atom. The quantitative estimate of drug-likeness (QED) is 0.868. The number of benzene rings is 2. The number of halogens is 1. The highest BCUT2D eigenvalue weighted by atomic mass is 79.9. The Balaban J connectivity index is 1.82. The third-order valence-electron chi connectivity index (χ3n) is 2.84. The first-order valence-corrected chi connectivity index (χ1v) is 7.27. The fraction of sp³-hybridized carbons (Fsp3) is 0.125. The van der Waals surface area contributed by atoms with Gasteiger partial charge in [-0.1, -0.05) is 28.1 Å². The Morgan fingerprint density at radius 1 is 1.14 bits per heavy atom. The van der Waals surface area contributed by atoms with Crippen LogP contribution >= 0.6 is 15.9 Å². The highest BCUT2D eigenvalue weighted by molar-refractivity contribution is 9.10. The molecule has 5 heteroatoms. The number of nitrogens with zero attached hydrogens (tertiary/aromatic N) is 1. The molecule has 2 aromatic rings. The van der Waals surface area contributed by atoms with Gasteiger partial charge in [0.05, 0.1) is 11.3 Å². The second-order valence-electron chi connectivity index (χ2n) is 4.39. The van der Waals surface area contributed by atoms with Crippen LogP contribution in [0.15, 0.2) is 53.0 Å². The van der Waals surface area contributed by atoms with Gasteiger partial charge in [-0.2, -0.15) is 5.26 Å². The average Bonchev–Trinajstić information content (AvgIpc) is 2.50. The third-order valence-corrected chi connectivity index (χ3v) is 3.37. The normalized spacial score (nSPS) is 9.71. The minimum Gasteiger partial charge on any atom is -0.383 e. The average molecular weight is 344 g/mol. The molecule has 4 nitrogen and oxygen atoms in total. The molecule has 2 rings (SSSR count). The number of anilines is 2. The molecule has 0 saturated heterocycles. The van der Waals surface area contributed by atoms with E-state index in [-0.39, 0.29) is 5.91 Å². The summed E-state index contributed by atoms with van der Waals surface area (Å²) in [7, 11) is 0. The highest BCUT2D eigenvalue weighted by Gasteiger charge is 2.04. The summed E-state index contributed by atoms with van der Waals surface area (Å²) in [4.78, 5) is 11.8. The lowest BCUT2D eigenvalue weighted by molar-refractivity contribution is -0.115. The molecule has 2 aromatic carbocycles. The maximum absolute atomic E-state index is 11.8. The smallest absolute Gasteiger partial charge is 0.226 e. The van der Waals surface area contributed by atoms with E-state index in [0.717, 1.165) is 15.8 Å². The molecule has 0 bridgehead atoms. The van der Waals surface area contributed by atoms with Crippen LogP contribution in [0.1, 0.15) is 12.0 Å². The first kappa shape index (κ1) is 15.1. The number of hydrogen-bond donors (Lipinski definition) is 2. The predicted molar refractivity (Wildman–Crippen MR) is 87.0 cm³/mol. The van der Waals surface area contributed by atoms with Gasteiger partial charge in [-0.3, -0.25) is 4.79 Å². The van der Waals surface area contributed by atoms with Crippen molar-refractivity contribution in [3.8, 4) is 6.07 Å². The summed E-state index contributed by atoms with van der Waals surface area (Å²) in [5.41, 5.74) is 2.09. The van der Waals surface area contributed by atoms with Crippen molar-refractivity contribution in [2.75, 3.05) is 17.2 Å². The molecule has 0 aliphatic heterocycles. The number of hydrogen-bond acceptors (Lipinski definition) is 3. The molecule has 0 heterocycles. The molecule has 0 saturated carbocycles. The molecule has 2 N–H and O–H groups in total. The summed E-state index contributed by atoms with van der Waals surface area (Å²) >= 11 is 3.34. The van der Waals surface area contributed by atoms with Gasteiger partial charge in [0.1, 0.15) is 6.07 Å². The van der Waals surface area contributed by atoms with Crippen LogP contribution in [-0.2, 0) is 4.79 Å². The van der Waals surface area contributed by atoms with Crippen LogP contribution in [-0.4, -0.2) is 12.5 Å². The molecule has 0 aromatic heterocycles. The SMILES string of the molecule is N#Cc1ccccc1NCCC(=O)Nc1ccc(Br)cc1. The predicted octanol–water partition coefficient (Wildman–Crippen LogP) is 3.76. The Hall–Kier alpha value is -2.32. The van der Waals surface area contributed by atoms with Crippen LogP contribution in [0.4, 0.5) is 11.4 Å². The lowest BCUT2D eigenvalue weighted by Crippen LogP contribution is -2.16. The van der Waals surface area contributed by atoms with Crippen molar-refractivity contribution in [1.29, 1.82) is 5.26 Å². The molecule has 21 heavy (non-hydrogen) atoms. The summed E-state index contributed by atoms with van der Waals surface area (Å²) in [6.07, 6.45) is 0.329. The first-order chi connectivity index (χ1) is 10.2. The number of para-hydroxylation sites is 1. The fourth-order valence-electron chi connectivity index (χ4n) is 1.80. The summed E-state index contributed by atoms with van der Waals surface area (Å²) in [6, 6.07) is 16.7. The second kappa shape index (κ2) is 7.46. The van der Waals surface area contributed by atoms with Crippen LogP contribution in [0.2, 0.25) is 0 Å². The van der Waals surface area contributed by atoms with Gasteiger partial charge in [-0.15, -0.1) is 0 Å². The maximum atomic E-state index is 11.8. The molecule has 0 spiro atoms. The van der Waals surface area contributed by atoms with Gasteiger partial charge in [0.15, 0.2) is 0 Å². The number of nitrogens with one attached hydrogen (secondary N) is 2. The molecule has 0 aliphatic carbocycles. The molecule has 1 amide bonds. The number of nitriles is 1. The number of carbonyl (C=O) groups is 1. The lowest BCUT2D eigenvalue weighted by atomic mass is 10.2. The van der Waals surface area contributed by atoms with Gasteiger partial charge in [-0.05, 0) is 36.4 Å². The van der Waals surface area contributed by atoms with Crippen molar-refractivity contribution >= 4 is 33.2 Å². The highest BCUT2D eigenvalue weighted by Crippen LogP contribution is 2.15. The molecule has 0 atom stereocenters. The monoisotopic (exact) mass is 343 g/mol. The van der Waals surface area contributed by atoms with Crippen molar-refractivity contribution in [2.24, 2.45) is 0 Å². The van der Waals surface area contributed by atoms with Crippen LogP contribution in [0.5, 0.6) is 0 Å². The van der Waals surface area contributed by atoms with E-state index in [1.807, 2.05) is 42.5 Å². The van der Waals surface area contributed by atoms with Gasteiger partial charge in [0.2, 0.25) is 5.91 Å². The van der Waals surface area contributed by atoms with Crippen LogP contribution in [0.3, 0.4) is 0 Å². The maximum Gasteiger partial charge on any atom is 0.226 e. The minimum atomic E-state index is -0.0701. The van der Waals surface area contributed by atoms with Gasteiger partial charge in [0.25, 0.3) is 0 Å². The largest absolute Gasteiger partial charge is 0.383 e. The van der Waals surface area contributed by atoms with Crippen LogP contribution < -0.4 is 10.6 Å². The molecule has 0 fully saturated rings. The zero-order chi connectivity index (χ0) is 15.1. The van der Waals surface area contributed by atoms with Gasteiger partial charge < -0.3 is 10.6 Å². The Bertz CT molecular complexity index is 662. The minimum absolute atomic E-state index is 0.0701. The zero-order valence-electron chi connectivity index (χ0n) is 11.3. The van der Waals surface area contributed by atoms with E-state index in [2.05, 4.69) is 32.6 Å². The van der Waals surface area contributed by atoms with Crippen molar-refractivity contribution in [1.82, 2.24) is 0 Å². The Kier molecular flexibility index (Phi) is 5.35. The van der Waals surface area contributed by atoms with Crippen molar-refractivity contribution in [3.63, 3.8) is 0 Å². The summed E-state index contributed by atoms with van der Waals surface area (Å²) in [6.45, 7) is 0.473. The molecular formula is C16H14BrN3O. The van der Waals surface area contributed by atoms with E-state index in [9.17, 15) is 4.79 Å². The second-order valence-corrected chi connectivity index (χ2v) is 5.30. The van der Waals surface area contributed by atoms with Crippen molar-refractivity contribution in [3.05, 3.63) is 58.6 Å². The summed E-state index contributed by atoms with van der Waals surface area (Å²) in [5, 5.41) is 14.9. The van der Waals surface area contributed by atoms with Gasteiger partial charge in [0, 0.05) is 23.1 Å². The Morgan fingerprint density at radius 2 is 1.86 bits per heavy atom. The first-order valence-electron chi connectivity index (χ1n) is 6.47. The van der Waals surface area contributed by atoms with E-state index in [4.69, 9.17) is 5.26 Å². The molecule has 0 aliphatic rings. The topological polar surface area (TPSA) is 64.9 Å². The van der Waals surface area contributed by atoms with E-state index in [0.29, 0.717) is 18.5 Å². The van der Waals surface area contributed by atoms with E-state index in [1.165, 1.54) is 0 Å². The molecular weight excluding hydrogens is 330 g/mol. The summed E-state index contributed by atoms with van der Waals surface area (Å²) < 4.78 is 0.968. The van der Waals surface area contributed by atoms with E-state index >= 15 is 0 Å².